The van der Waals surface area contributed by atoms with Crippen LogP contribution in [0.5, 0.6) is 5.75 Å². The molecule has 0 bridgehead atoms. The third-order valence-electron chi connectivity index (χ3n) is 6.27. The van der Waals surface area contributed by atoms with Crippen LogP contribution in [0.25, 0.3) is 16.0 Å². The number of hydrogen-bond acceptors (Lipinski definition) is 6. The standard InChI is InChI=1S/C23H22F2N4O3/c1-27-21-17(24)7-6-15(20(21)25)13-5-8-18-16(10-13)23(28-22(26)29(2)32-23)11-19(31-18)14-4-3-9-30-12-14/h5-8,10,14,19H,3-4,9,11-12H2,2H3,(H2,26,28). The zero-order valence-corrected chi connectivity index (χ0v) is 17.5. The Balaban J connectivity index is 1.60. The van der Waals surface area contributed by atoms with Crippen LogP contribution in [0, 0.1) is 24.1 Å². The molecule has 166 valence electrons. The molecule has 0 aromatic heterocycles. The average molecular weight is 440 g/mol. The highest BCUT2D eigenvalue weighted by molar-refractivity contribution is 5.79. The lowest BCUT2D eigenvalue weighted by atomic mass is 9.84. The topological polar surface area (TPSA) is 73.7 Å². The summed E-state index contributed by atoms with van der Waals surface area (Å²) in [4.78, 5) is 13.7. The molecule has 1 saturated heterocycles. The minimum atomic E-state index is -1.12. The molecule has 3 aliphatic heterocycles. The second kappa shape index (κ2) is 7.73. The Morgan fingerprint density at radius 3 is 2.81 bits per heavy atom. The molecule has 9 heteroatoms. The molecule has 3 aliphatic rings. The van der Waals surface area contributed by atoms with Gasteiger partial charge in [-0.05, 0) is 36.6 Å². The number of aliphatic imine (C=N–C) groups is 1. The summed E-state index contributed by atoms with van der Waals surface area (Å²) < 4.78 is 40.7. The van der Waals surface area contributed by atoms with Crippen LogP contribution in [0.2, 0.25) is 0 Å². The van der Waals surface area contributed by atoms with Crippen LogP contribution in [0.15, 0.2) is 35.3 Å². The number of nitrogens with two attached hydrogens (primary N) is 1. The lowest BCUT2D eigenvalue weighted by Crippen LogP contribution is -2.44. The molecule has 1 fully saturated rings. The van der Waals surface area contributed by atoms with Crippen LogP contribution in [0.4, 0.5) is 14.5 Å². The highest BCUT2D eigenvalue weighted by Crippen LogP contribution is 2.49. The summed E-state index contributed by atoms with van der Waals surface area (Å²) in [5.74, 6) is -0.819. The number of halogens is 2. The first-order chi connectivity index (χ1) is 15.4. The fourth-order valence-electron chi connectivity index (χ4n) is 4.62. The Morgan fingerprint density at radius 1 is 1.28 bits per heavy atom. The van der Waals surface area contributed by atoms with Gasteiger partial charge in [-0.2, -0.15) is 0 Å². The Labute approximate surface area is 184 Å². The van der Waals surface area contributed by atoms with Gasteiger partial charge in [0.2, 0.25) is 11.7 Å². The molecule has 0 radical (unpaired) electrons. The van der Waals surface area contributed by atoms with E-state index in [4.69, 9.17) is 26.6 Å². The molecule has 1 spiro atoms. The third-order valence-corrected chi connectivity index (χ3v) is 6.27. The fraction of sp³-hybridized carbons (Fsp3) is 0.391. The highest BCUT2D eigenvalue weighted by atomic mass is 19.1. The normalized spacial score (nSPS) is 26.9. The first-order valence-electron chi connectivity index (χ1n) is 10.4. The number of hydroxylamine groups is 2. The Bertz CT molecular complexity index is 1140. The van der Waals surface area contributed by atoms with Crippen molar-refractivity contribution in [2.75, 3.05) is 20.3 Å². The van der Waals surface area contributed by atoms with Crippen molar-refractivity contribution in [3.05, 3.63) is 58.9 Å². The number of benzene rings is 2. The van der Waals surface area contributed by atoms with Gasteiger partial charge in [0.05, 0.1) is 18.7 Å². The van der Waals surface area contributed by atoms with Gasteiger partial charge in [-0.3, -0.25) is 0 Å². The van der Waals surface area contributed by atoms with Crippen molar-refractivity contribution < 1.29 is 23.1 Å². The number of hydrogen-bond donors (Lipinski definition) is 1. The van der Waals surface area contributed by atoms with E-state index < -0.39 is 23.0 Å². The van der Waals surface area contributed by atoms with E-state index in [1.54, 1.807) is 25.2 Å². The molecule has 2 aromatic rings. The van der Waals surface area contributed by atoms with Gasteiger partial charge in [0.15, 0.2) is 0 Å². The molecule has 2 N–H and O–H groups in total. The van der Waals surface area contributed by atoms with Gasteiger partial charge >= 0.3 is 0 Å². The molecule has 7 nitrogen and oxygen atoms in total. The third kappa shape index (κ3) is 3.27. The molecule has 0 aliphatic carbocycles. The van der Waals surface area contributed by atoms with E-state index in [9.17, 15) is 8.78 Å². The van der Waals surface area contributed by atoms with Crippen LogP contribution < -0.4 is 10.5 Å². The number of fused-ring (bicyclic) bond motifs is 2. The fourth-order valence-corrected chi connectivity index (χ4v) is 4.62. The lowest BCUT2D eigenvalue weighted by molar-refractivity contribution is -0.196. The van der Waals surface area contributed by atoms with Gasteiger partial charge in [-0.15, -0.1) is 0 Å². The van der Waals surface area contributed by atoms with E-state index in [2.05, 4.69) is 9.84 Å². The second-order valence-corrected chi connectivity index (χ2v) is 8.26. The molecule has 3 atom stereocenters. The summed E-state index contributed by atoms with van der Waals surface area (Å²) in [6.07, 6.45) is 2.17. The maximum Gasteiger partial charge on any atom is 0.257 e. The quantitative estimate of drug-likeness (QED) is 0.712. The van der Waals surface area contributed by atoms with Gasteiger partial charge in [0, 0.05) is 31.6 Å². The lowest BCUT2D eigenvalue weighted by Gasteiger charge is -2.41. The summed E-state index contributed by atoms with van der Waals surface area (Å²) in [7, 11) is 1.67. The van der Waals surface area contributed by atoms with Crippen molar-refractivity contribution >= 4 is 11.6 Å². The van der Waals surface area contributed by atoms with Gasteiger partial charge in [0.1, 0.15) is 23.5 Å². The van der Waals surface area contributed by atoms with Crippen molar-refractivity contribution in [3.63, 3.8) is 0 Å². The first kappa shape index (κ1) is 20.7. The van der Waals surface area contributed by atoms with Crippen LogP contribution in [0.3, 0.4) is 0 Å². The van der Waals surface area contributed by atoms with Crippen LogP contribution in [-0.4, -0.2) is 37.4 Å². The van der Waals surface area contributed by atoms with Crippen molar-refractivity contribution in [1.29, 1.82) is 0 Å². The molecule has 32 heavy (non-hydrogen) atoms. The van der Waals surface area contributed by atoms with Crippen LogP contribution in [0.1, 0.15) is 24.8 Å². The van der Waals surface area contributed by atoms with Gasteiger partial charge in [-0.1, -0.05) is 12.1 Å². The smallest absolute Gasteiger partial charge is 0.257 e. The molecule has 0 saturated carbocycles. The number of nitrogens with zero attached hydrogens (tertiary/aromatic N) is 3. The molecule has 5 rings (SSSR count). The Kier molecular flexibility index (Phi) is 4.99. The summed E-state index contributed by atoms with van der Waals surface area (Å²) in [6, 6.07) is 7.53. The van der Waals surface area contributed by atoms with Crippen molar-refractivity contribution in [2.24, 2.45) is 16.6 Å². The SMILES string of the molecule is [C-]#[N+]c1c(F)ccc(-c2ccc3c(c2)C2(CC(C4CCCOC4)O3)N=C(N)N(C)O2)c1F. The van der Waals surface area contributed by atoms with Gasteiger partial charge in [0.25, 0.3) is 5.69 Å². The van der Waals surface area contributed by atoms with E-state index in [1.165, 1.54) is 11.1 Å². The van der Waals surface area contributed by atoms with E-state index in [0.29, 0.717) is 29.9 Å². The second-order valence-electron chi connectivity index (χ2n) is 8.26. The van der Waals surface area contributed by atoms with E-state index in [1.807, 2.05) is 0 Å². The molecule has 2 aromatic carbocycles. The molecule has 0 amide bonds. The number of ether oxygens (including phenoxy) is 2. The number of rotatable bonds is 2. The largest absolute Gasteiger partial charge is 0.489 e. The van der Waals surface area contributed by atoms with Gasteiger partial charge < -0.3 is 15.2 Å². The predicted molar refractivity (Wildman–Crippen MR) is 113 cm³/mol. The van der Waals surface area contributed by atoms with E-state index in [-0.39, 0.29) is 23.5 Å². The van der Waals surface area contributed by atoms with Gasteiger partial charge in [-0.25, -0.2) is 28.5 Å². The van der Waals surface area contributed by atoms with Crippen molar-refractivity contribution in [3.8, 4) is 16.9 Å². The van der Waals surface area contributed by atoms with Crippen molar-refractivity contribution in [2.45, 2.75) is 31.1 Å². The maximum atomic E-state index is 14.9. The monoisotopic (exact) mass is 440 g/mol. The summed E-state index contributed by atoms with van der Waals surface area (Å²) >= 11 is 0. The summed E-state index contributed by atoms with van der Waals surface area (Å²) in [5, 5.41) is 1.41. The predicted octanol–water partition coefficient (Wildman–Crippen LogP) is 4.10. The molecular formula is C23H22F2N4O3. The highest BCUT2D eigenvalue weighted by Gasteiger charge is 2.50. The van der Waals surface area contributed by atoms with E-state index >= 15 is 0 Å². The summed E-state index contributed by atoms with van der Waals surface area (Å²) in [6.45, 7) is 8.43. The first-order valence-corrected chi connectivity index (χ1v) is 10.4. The Hall–Kier alpha value is -3.22. The van der Waals surface area contributed by atoms with Crippen LogP contribution in [-0.2, 0) is 15.3 Å². The molecule has 3 heterocycles. The maximum absolute atomic E-state index is 14.9. The Morgan fingerprint density at radius 2 is 2.12 bits per heavy atom. The summed E-state index contributed by atoms with van der Waals surface area (Å²) in [5.41, 5.74) is 5.46. The zero-order valence-electron chi connectivity index (χ0n) is 17.5. The number of guanidine groups is 1. The minimum Gasteiger partial charge on any atom is -0.489 e. The molecular weight excluding hydrogens is 418 g/mol. The minimum absolute atomic E-state index is 0.112. The molecule has 3 unspecified atom stereocenters. The zero-order chi connectivity index (χ0) is 22.5. The average Bonchev–Trinajstić information content (AvgIpc) is 3.08. The van der Waals surface area contributed by atoms with Crippen LogP contribution >= 0.6 is 0 Å². The van der Waals surface area contributed by atoms with E-state index in [0.717, 1.165) is 25.5 Å². The van der Waals surface area contributed by atoms with Crippen molar-refractivity contribution in [1.82, 2.24) is 5.06 Å².